The van der Waals surface area contributed by atoms with Crippen LogP contribution in [-0.4, -0.2) is 16.5 Å². The van der Waals surface area contributed by atoms with E-state index in [1.54, 1.807) is 0 Å². The monoisotopic (exact) mass is 243 g/mol. The molecule has 96 valence electrons. The summed E-state index contributed by atoms with van der Waals surface area (Å²) in [5, 5.41) is 0. The van der Waals surface area contributed by atoms with Crippen LogP contribution in [0.15, 0.2) is 30.5 Å². The van der Waals surface area contributed by atoms with Crippen molar-refractivity contribution in [3.05, 3.63) is 41.7 Å². The number of aryl methyl sites for hydroxylation is 1. The maximum atomic E-state index is 5.50. The molecule has 3 N–H and O–H groups in total. The number of hydrogen-bond acceptors (Lipinski definition) is 2. The van der Waals surface area contributed by atoms with E-state index in [1.807, 2.05) is 6.20 Å². The normalized spacial score (nSPS) is 11.1. The van der Waals surface area contributed by atoms with Crippen LogP contribution in [-0.2, 0) is 6.42 Å². The van der Waals surface area contributed by atoms with Crippen LogP contribution in [0.5, 0.6) is 0 Å². The van der Waals surface area contributed by atoms with Gasteiger partial charge in [-0.15, -0.1) is 0 Å². The molecule has 0 aliphatic carbocycles. The van der Waals surface area contributed by atoms with Crippen LogP contribution >= 0.6 is 0 Å². The number of hydrogen-bond donors (Lipinski definition) is 2. The topological polar surface area (TPSA) is 54.7 Å². The van der Waals surface area contributed by atoms with Crippen molar-refractivity contribution in [3.8, 4) is 11.4 Å². The number of nitrogens with two attached hydrogens (primary N) is 1. The Bertz CT molecular complexity index is 483. The zero-order valence-electron chi connectivity index (χ0n) is 11.1. The van der Waals surface area contributed by atoms with Crippen LogP contribution in [0.3, 0.4) is 0 Å². The first-order valence-corrected chi connectivity index (χ1v) is 6.55. The second kappa shape index (κ2) is 5.83. The standard InChI is InChI=1S/C15H21N3/c1-11(2)12-5-7-13(8-6-12)15-17-10-14(18-15)4-3-9-16/h5-8,10-11H,3-4,9,16H2,1-2H3,(H,17,18). The van der Waals surface area contributed by atoms with Gasteiger partial charge in [-0.25, -0.2) is 4.98 Å². The molecular formula is C15H21N3. The van der Waals surface area contributed by atoms with Crippen LogP contribution in [0.1, 0.15) is 37.4 Å². The van der Waals surface area contributed by atoms with Crippen molar-refractivity contribution >= 4 is 0 Å². The van der Waals surface area contributed by atoms with E-state index < -0.39 is 0 Å². The number of rotatable bonds is 5. The molecule has 1 aromatic heterocycles. The van der Waals surface area contributed by atoms with Crippen molar-refractivity contribution in [1.29, 1.82) is 0 Å². The highest BCUT2D eigenvalue weighted by molar-refractivity contribution is 5.55. The molecule has 0 radical (unpaired) electrons. The number of aromatic nitrogens is 2. The van der Waals surface area contributed by atoms with Crippen LogP contribution < -0.4 is 5.73 Å². The summed E-state index contributed by atoms with van der Waals surface area (Å²) in [4.78, 5) is 7.76. The van der Waals surface area contributed by atoms with Crippen molar-refractivity contribution in [2.24, 2.45) is 5.73 Å². The summed E-state index contributed by atoms with van der Waals surface area (Å²) in [6, 6.07) is 8.59. The molecule has 0 aliphatic heterocycles. The lowest BCUT2D eigenvalue weighted by atomic mass is 10.0. The number of nitrogens with one attached hydrogen (secondary N) is 1. The molecule has 2 rings (SSSR count). The first-order chi connectivity index (χ1) is 8.70. The molecule has 0 saturated carbocycles. The van der Waals surface area contributed by atoms with Gasteiger partial charge in [0.25, 0.3) is 0 Å². The summed E-state index contributed by atoms with van der Waals surface area (Å²) < 4.78 is 0. The van der Waals surface area contributed by atoms with Crippen molar-refractivity contribution in [2.75, 3.05) is 6.54 Å². The predicted molar refractivity (Wildman–Crippen MR) is 75.5 cm³/mol. The summed E-state index contributed by atoms with van der Waals surface area (Å²) in [6.45, 7) is 5.12. The van der Waals surface area contributed by atoms with Gasteiger partial charge in [-0.1, -0.05) is 38.1 Å². The molecule has 0 aliphatic rings. The average Bonchev–Trinajstić information content (AvgIpc) is 2.85. The van der Waals surface area contributed by atoms with Gasteiger partial charge in [-0.05, 0) is 30.9 Å². The third-order valence-electron chi connectivity index (χ3n) is 3.13. The Balaban J connectivity index is 2.13. The highest BCUT2D eigenvalue weighted by Gasteiger charge is 2.04. The van der Waals surface area contributed by atoms with Crippen LogP contribution in [0, 0.1) is 0 Å². The lowest BCUT2D eigenvalue weighted by Gasteiger charge is -2.05. The number of benzene rings is 1. The number of imidazole rings is 1. The maximum absolute atomic E-state index is 5.50. The minimum absolute atomic E-state index is 0.566. The van der Waals surface area contributed by atoms with Gasteiger partial charge >= 0.3 is 0 Å². The van der Waals surface area contributed by atoms with Crippen molar-refractivity contribution < 1.29 is 0 Å². The number of aromatic amines is 1. The molecule has 0 spiro atoms. The van der Waals surface area contributed by atoms with E-state index >= 15 is 0 Å². The fraction of sp³-hybridized carbons (Fsp3) is 0.400. The van der Waals surface area contributed by atoms with Crippen LogP contribution in [0.25, 0.3) is 11.4 Å². The predicted octanol–water partition coefficient (Wildman–Crippen LogP) is 3.09. The molecule has 0 fully saturated rings. The molecule has 1 aromatic carbocycles. The summed E-state index contributed by atoms with van der Waals surface area (Å²) in [7, 11) is 0. The van der Waals surface area contributed by atoms with Gasteiger partial charge in [0.2, 0.25) is 0 Å². The van der Waals surface area contributed by atoms with Crippen molar-refractivity contribution in [2.45, 2.75) is 32.6 Å². The Kier molecular flexibility index (Phi) is 4.15. The lowest BCUT2D eigenvalue weighted by molar-refractivity contribution is 0.816. The van der Waals surface area contributed by atoms with Crippen molar-refractivity contribution in [3.63, 3.8) is 0 Å². The quantitative estimate of drug-likeness (QED) is 0.847. The molecule has 0 atom stereocenters. The molecular weight excluding hydrogens is 222 g/mol. The largest absolute Gasteiger partial charge is 0.342 e. The Morgan fingerprint density at radius 2 is 1.94 bits per heavy atom. The van der Waals surface area contributed by atoms with E-state index in [0.717, 1.165) is 36.5 Å². The SMILES string of the molecule is CC(C)c1ccc(-c2ncc(CCCN)[nH]2)cc1. The zero-order chi connectivity index (χ0) is 13.0. The van der Waals surface area contributed by atoms with E-state index in [9.17, 15) is 0 Å². The Labute approximate surface area is 108 Å². The zero-order valence-corrected chi connectivity index (χ0v) is 11.1. The third-order valence-corrected chi connectivity index (χ3v) is 3.13. The number of H-pyrrole nitrogens is 1. The molecule has 3 nitrogen and oxygen atoms in total. The van der Waals surface area contributed by atoms with Gasteiger partial charge in [-0.2, -0.15) is 0 Å². The Morgan fingerprint density at radius 1 is 1.22 bits per heavy atom. The molecule has 18 heavy (non-hydrogen) atoms. The first-order valence-electron chi connectivity index (χ1n) is 6.55. The van der Waals surface area contributed by atoms with Gasteiger partial charge < -0.3 is 10.7 Å². The van der Waals surface area contributed by atoms with E-state index in [1.165, 1.54) is 5.56 Å². The second-order valence-corrected chi connectivity index (χ2v) is 4.93. The van der Waals surface area contributed by atoms with Gasteiger partial charge in [0.05, 0.1) is 0 Å². The molecule has 3 heteroatoms. The third kappa shape index (κ3) is 2.99. The highest BCUT2D eigenvalue weighted by Crippen LogP contribution is 2.20. The summed E-state index contributed by atoms with van der Waals surface area (Å²) >= 11 is 0. The van der Waals surface area contributed by atoms with Crippen LogP contribution in [0.4, 0.5) is 0 Å². The van der Waals surface area contributed by atoms with Crippen molar-refractivity contribution in [1.82, 2.24) is 9.97 Å². The second-order valence-electron chi connectivity index (χ2n) is 4.93. The van der Waals surface area contributed by atoms with Crippen LogP contribution in [0.2, 0.25) is 0 Å². The molecule has 0 bridgehead atoms. The minimum Gasteiger partial charge on any atom is -0.342 e. The highest BCUT2D eigenvalue weighted by atomic mass is 14.9. The van der Waals surface area contributed by atoms with E-state index in [0.29, 0.717) is 5.92 Å². The van der Waals surface area contributed by atoms with Gasteiger partial charge in [0.15, 0.2) is 0 Å². The minimum atomic E-state index is 0.566. The van der Waals surface area contributed by atoms with Gasteiger partial charge in [-0.3, -0.25) is 0 Å². The Morgan fingerprint density at radius 3 is 2.56 bits per heavy atom. The fourth-order valence-electron chi connectivity index (χ4n) is 1.95. The maximum Gasteiger partial charge on any atom is 0.137 e. The molecule has 2 aromatic rings. The molecule has 0 saturated heterocycles. The van der Waals surface area contributed by atoms with E-state index in [2.05, 4.69) is 48.1 Å². The average molecular weight is 243 g/mol. The Hall–Kier alpha value is -1.61. The molecule has 0 amide bonds. The fourth-order valence-corrected chi connectivity index (χ4v) is 1.95. The lowest BCUT2D eigenvalue weighted by Crippen LogP contribution is -2.00. The van der Waals surface area contributed by atoms with Gasteiger partial charge in [0.1, 0.15) is 5.82 Å². The first kappa shape index (κ1) is 12.8. The van der Waals surface area contributed by atoms with E-state index in [-0.39, 0.29) is 0 Å². The number of nitrogens with zero attached hydrogens (tertiary/aromatic N) is 1. The smallest absolute Gasteiger partial charge is 0.137 e. The molecule has 1 heterocycles. The van der Waals surface area contributed by atoms with Gasteiger partial charge in [0, 0.05) is 17.5 Å². The van der Waals surface area contributed by atoms with E-state index in [4.69, 9.17) is 5.73 Å². The summed E-state index contributed by atoms with van der Waals surface area (Å²) in [5.74, 6) is 1.51. The summed E-state index contributed by atoms with van der Waals surface area (Å²) in [6.07, 6.45) is 3.86. The summed E-state index contributed by atoms with van der Waals surface area (Å²) in [5.41, 5.74) is 9.15. The molecule has 0 unspecified atom stereocenters.